The molecule has 0 saturated heterocycles. The Kier molecular flexibility index (Phi) is 5.57. The third-order valence-corrected chi connectivity index (χ3v) is 4.23. The largest absolute Gasteiger partial charge is 0.334 e. The molecule has 0 aliphatic rings. The van der Waals surface area contributed by atoms with Crippen LogP contribution in [0.5, 0.6) is 0 Å². The van der Waals surface area contributed by atoms with Crippen LogP contribution in [0.4, 0.5) is 5.69 Å². The molecule has 0 bridgehead atoms. The summed E-state index contributed by atoms with van der Waals surface area (Å²) in [6, 6.07) is 12.2. The van der Waals surface area contributed by atoms with E-state index in [2.05, 4.69) is 0 Å². The first-order valence-electron chi connectivity index (χ1n) is 8.41. The van der Waals surface area contributed by atoms with Crippen LogP contribution in [0.15, 0.2) is 42.5 Å². The molecule has 0 N–H and O–H groups in total. The molecule has 0 aliphatic heterocycles. The number of nitro groups is 1. The molecule has 0 atom stereocenters. The highest BCUT2D eigenvalue weighted by atomic mass is 16.6. The maximum absolute atomic E-state index is 13.1. The highest BCUT2D eigenvalue weighted by molar-refractivity contribution is 6.01. The molecule has 0 aromatic heterocycles. The minimum atomic E-state index is -0.415. The van der Waals surface area contributed by atoms with E-state index in [0.717, 1.165) is 11.1 Å². The Labute approximate surface area is 148 Å². The molecule has 1 amide bonds. The fraction of sp³-hybridized carbons (Fsp3) is 0.350. The number of carbonyl (C=O) groups excluding carboxylic acids is 1. The molecule has 2 aromatic rings. The van der Waals surface area contributed by atoms with Crippen molar-refractivity contribution in [3.63, 3.8) is 0 Å². The Balaban J connectivity index is 2.61. The van der Waals surface area contributed by atoms with Crippen LogP contribution in [-0.4, -0.2) is 27.8 Å². The average Bonchev–Trinajstić information content (AvgIpc) is 2.54. The van der Waals surface area contributed by atoms with E-state index in [-0.39, 0.29) is 23.7 Å². The summed E-state index contributed by atoms with van der Waals surface area (Å²) in [5.41, 5.74) is 2.91. The van der Waals surface area contributed by atoms with Gasteiger partial charge in [0.1, 0.15) is 0 Å². The SMILES string of the molecule is Cc1ccc([N+](=O)[O-])cc1-c1ccccc1C(=O)N(C(C)C)C(C)C. The van der Waals surface area contributed by atoms with Crippen molar-refractivity contribution in [2.24, 2.45) is 0 Å². The molecule has 132 valence electrons. The van der Waals surface area contributed by atoms with Gasteiger partial charge in [0.2, 0.25) is 0 Å². The number of nitrogens with zero attached hydrogens (tertiary/aromatic N) is 2. The van der Waals surface area contributed by atoms with Crippen LogP contribution < -0.4 is 0 Å². The van der Waals surface area contributed by atoms with E-state index in [0.29, 0.717) is 11.1 Å². The lowest BCUT2D eigenvalue weighted by Gasteiger charge is -2.31. The van der Waals surface area contributed by atoms with Crippen molar-refractivity contribution in [3.8, 4) is 11.1 Å². The number of rotatable bonds is 5. The van der Waals surface area contributed by atoms with Crippen LogP contribution in [0.25, 0.3) is 11.1 Å². The minimum Gasteiger partial charge on any atom is -0.334 e. The minimum absolute atomic E-state index is 0.0208. The van der Waals surface area contributed by atoms with Gasteiger partial charge in [-0.3, -0.25) is 14.9 Å². The lowest BCUT2D eigenvalue weighted by atomic mass is 9.94. The van der Waals surface area contributed by atoms with Crippen molar-refractivity contribution in [1.82, 2.24) is 4.90 Å². The second kappa shape index (κ2) is 7.47. The molecule has 0 heterocycles. The van der Waals surface area contributed by atoms with Gasteiger partial charge >= 0.3 is 0 Å². The van der Waals surface area contributed by atoms with Crippen LogP contribution in [0.2, 0.25) is 0 Å². The summed E-state index contributed by atoms with van der Waals surface area (Å²) in [6.45, 7) is 9.83. The van der Waals surface area contributed by atoms with Crippen molar-refractivity contribution in [1.29, 1.82) is 0 Å². The summed E-state index contributed by atoms with van der Waals surface area (Å²) < 4.78 is 0. The van der Waals surface area contributed by atoms with Gasteiger partial charge in [-0.1, -0.05) is 24.3 Å². The number of benzene rings is 2. The Bertz CT molecular complexity index is 789. The summed E-state index contributed by atoms with van der Waals surface area (Å²) in [5, 5.41) is 11.1. The molecule has 2 aromatic carbocycles. The molecular weight excluding hydrogens is 316 g/mol. The highest BCUT2D eigenvalue weighted by Gasteiger charge is 2.24. The van der Waals surface area contributed by atoms with Crippen LogP contribution >= 0.6 is 0 Å². The molecule has 0 spiro atoms. The molecule has 0 unspecified atom stereocenters. The third-order valence-electron chi connectivity index (χ3n) is 4.23. The number of amides is 1. The van der Waals surface area contributed by atoms with E-state index < -0.39 is 4.92 Å². The van der Waals surface area contributed by atoms with Crippen LogP contribution in [0, 0.1) is 17.0 Å². The lowest BCUT2D eigenvalue weighted by molar-refractivity contribution is -0.384. The van der Waals surface area contributed by atoms with Gasteiger partial charge in [0, 0.05) is 29.8 Å². The van der Waals surface area contributed by atoms with E-state index in [1.165, 1.54) is 12.1 Å². The summed E-state index contributed by atoms with van der Waals surface area (Å²) >= 11 is 0. The first kappa shape index (κ1) is 18.6. The van der Waals surface area contributed by atoms with E-state index in [1.54, 1.807) is 12.1 Å². The fourth-order valence-corrected chi connectivity index (χ4v) is 3.12. The summed E-state index contributed by atoms with van der Waals surface area (Å²) in [5.74, 6) is -0.0634. The van der Waals surface area contributed by atoms with Gasteiger partial charge in [0.15, 0.2) is 0 Å². The number of hydrogen-bond acceptors (Lipinski definition) is 3. The molecule has 0 saturated carbocycles. The van der Waals surface area contributed by atoms with Gasteiger partial charge < -0.3 is 4.90 Å². The summed E-state index contributed by atoms with van der Waals surface area (Å²) in [7, 11) is 0. The maximum atomic E-state index is 13.1. The Hall–Kier alpha value is -2.69. The van der Waals surface area contributed by atoms with Gasteiger partial charge in [-0.25, -0.2) is 0 Å². The highest BCUT2D eigenvalue weighted by Crippen LogP contribution is 2.31. The third kappa shape index (κ3) is 3.87. The zero-order chi connectivity index (χ0) is 18.7. The van der Waals surface area contributed by atoms with Gasteiger partial charge in [-0.05, 0) is 57.4 Å². The van der Waals surface area contributed by atoms with Crippen LogP contribution in [0.3, 0.4) is 0 Å². The molecule has 25 heavy (non-hydrogen) atoms. The Morgan fingerprint density at radius 2 is 1.60 bits per heavy atom. The summed E-state index contributed by atoms with van der Waals surface area (Å²) in [4.78, 5) is 25.7. The van der Waals surface area contributed by atoms with Crippen molar-refractivity contribution in [2.45, 2.75) is 46.7 Å². The first-order chi connectivity index (χ1) is 11.7. The molecule has 5 heteroatoms. The second-order valence-corrected chi connectivity index (χ2v) is 6.70. The zero-order valence-corrected chi connectivity index (χ0v) is 15.3. The standard InChI is InChI=1S/C20H24N2O3/c1-13(2)21(14(3)4)20(23)18-9-7-6-8-17(18)19-12-16(22(24)25)11-10-15(19)5/h6-14H,1-5H3. The van der Waals surface area contributed by atoms with E-state index in [1.807, 2.05) is 57.7 Å². The van der Waals surface area contributed by atoms with Gasteiger partial charge in [-0.2, -0.15) is 0 Å². The molecule has 5 nitrogen and oxygen atoms in total. The number of aryl methyl sites for hydroxylation is 1. The molecule has 2 rings (SSSR count). The first-order valence-corrected chi connectivity index (χ1v) is 8.41. The van der Waals surface area contributed by atoms with Gasteiger partial charge in [-0.15, -0.1) is 0 Å². The fourth-order valence-electron chi connectivity index (χ4n) is 3.12. The van der Waals surface area contributed by atoms with E-state index in [4.69, 9.17) is 0 Å². The molecule has 0 radical (unpaired) electrons. The molecule has 0 aliphatic carbocycles. The van der Waals surface area contributed by atoms with Crippen molar-refractivity contribution in [2.75, 3.05) is 0 Å². The Morgan fingerprint density at radius 3 is 2.16 bits per heavy atom. The number of non-ortho nitro benzene ring substituents is 1. The normalized spacial score (nSPS) is 11.0. The van der Waals surface area contributed by atoms with Crippen molar-refractivity contribution < 1.29 is 9.72 Å². The zero-order valence-electron chi connectivity index (χ0n) is 15.3. The quantitative estimate of drug-likeness (QED) is 0.578. The lowest BCUT2D eigenvalue weighted by Crippen LogP contribution is -2.42. The average molecular weight is 340 g/mol. The number of carbonyl (C=O) groups is 1. The van der Waals surface area contributed by atoms with Crippen LogP contribution in [-0.2, 0) is 0 Å². The van der Waals surface area contributed by atoms with E-state index >= 15 is 0 Å². The monoisotopic (exact) mass is 340 g/mol. The predicted octanol–water partition coefficient (Wildman–Crippen LogP) is 4.83. The molecule has 0 fully saturated rings. The van der Waals surface area contributed by atoms with Gasteiger partial charge in [0.25, 0.3) is 11.6 Å². The predicted molar refractivity (Wildman–Crippen MR) is 99.7 cm³/mol. The number of nitro benzene ring substituents is 1. The number of hydrogen-bond donors (Lipinski definition) is 0. The smallest absolute Gasteiger partial charge is 0.270 e. The maximum Gasteiger partial charge on any atom is 0.270 e. The molecular formula is C20H24N2O3. The second-order valence-electron chi connectivity index (χ2n) is 6.70. The Morgan fingerprint density at radius 1 is 1.00 bits per heavy atom. The topological polar surface area (TPSA) is 63.5 Å². The van der Waals surface area contributed by atoms with Crippen molar-refractivity contribution >= 4 is 11.6 Å². The van der Waals surface area contributed by atoms with Crippen molar-refractivity contribution in [3.05, 3.63) is 63.7 Å². The summed E-state index contributed by atoms with van der Waals surface area (Å²) in [6.07, 6.45) is 0. The van der Waals surface area contributed by atoms with Crippen LogP contribution in [0.1, 0.15) is 43.6 Å². The van der Waals surface area contributed by atoms with Gasteiger partial charge in [0.05, 0.1) is 4.92 Å². The van der Waals surface area contributed by atoms with E-state index in [9.17, 15) is 14.9 Å².